The Bertz CT molecular complexity index is 509. The summed E-state index contributed by atoms with van der Waals surface area (Å²) < 4.78 is 0. The lowest BCUT2D eigenvalue weighted by Crippen LogP contribution is -2.24. The smallest absolute Gasteiger partial charge is 0.0676 e. The molecule has 17 heavy (non-hydrogen) atoms. The Balaban J connectivity index is 2.73. The number of hydrogen-bond acceptors (Lipinski definition) is 1. The Morgan fingerprint density at radius 2 is 1.88 bits per heavy atom. The van der Waals surface area contributed by atoms with Gasteiger partial charge in [-0.05, 0) is 50.5 Å². The molecule has 0 fully saturated rings. The van der Waals surface area contributed by atoms with Crippen LogP contribution in [0.5, 0.6) is 0 Å². The molecule has 1 heterocycles. The lowest BCUT2D eigenvalue weighted by Gasteiger charge is -2.29. The van der Waals surface area contributed by atoms with Crippen molar-refractivity contribution >= 4 is 5.71 Å². The molecule has 0 aliphatic carbocycles. The maximum Gasteiger partial charge on any atom is 0.0676 e. The zero-order valence-corrected chi connectivity index (χ0v) is 11.5. The summed E-state index contributed by atoms with van der Waals surface area (Å²) in [6.45, 7) is 14.9. The van der Waals surface area contributed by atoms with E-state index in [1.165, 1.54) is 22.3 Å². The molecule has 0 spiro atoms. The van der Waals surface area contributed by atoms with Gasteiger partial charge in [0.15, 0.2) is 0 Å². The predicted octanol–water partition coefficient (Wildman–Crippen LogP) is 4.17. The normalized spacial score (nSPS) is 23.0. The Labute approximate surface area is 104 Å². The summed E-state index contributed by atoms with van der Waals surface area (Å²) >= 11 is 0. The quantitative estimate of drug-likeness (QED) is 0.682. The van der Waals surface area contributed by atoms with Crippen LogP contribution in [0.2, 0.25) is 0 Å². The van der Waals surface area contributed by atoms with Crippen LogP contribution < -0.4 is 0 Å². The molecule has 2 atom stereocenters. The molecule has 0 amide bonds. The lowest BCUT2D eigenvalue weighted by molar-refractivity contribution is 0.602. The van der Waals surface area contributed by atoms with E-state index in [1.54, 1.807) is 0 Å². The summed E-state index contributed by atoms with van der Waals surface area (Å²) in [5, 5.41) is 0. The summed E-state index contributed by atoms with van der Waals surface area (Å²) in [6, 6.07) is 4.86. The van der Waals surface area contributed by atoms with Gasteiger partial charge in [-0.2, -0.15) is 0 Å². The number of nitrogens with zero attached hydrogens (tertiary/aromatic N) is 1. The minimum absolute atomic E-state index is 0.343. The van der Waals surface area contributed by atoms with Gasteiger partial charge in [-0.25, -0.2) is 0 Å². The van der Waals surface area contributed by atoms with E-state index in [1.807, 2.05) is 6.92 Å². The molecule has 1 nitrogen and oxygen atoms in total. The van der Waals surface area contributed by atoms with Crippen molar-refractivity contribution < 1.29 is 0 Å². The Morgan fingerprint density at radius 1 is 1.24 bits per heavy atom. The number of fused-ring (bicyclic) bond motifs is 1. The number of aliphatic imine (C=N–C) groups is 1. The van der Waals surface area contributed by atoms with Crippen molar-refractivity contribution in [3.05, 3.63) is 46.5 Å². The fraction of sp³-hybridized carbons (Fsp3) is 0.438. The fourth-order valence-electron chi connectivity index (χ4n) is 2.75. The van der Waals surface area contributed by atoms with Crippen molar-refractivity contribution in [2.45, 2.75) is 46.6 Å². The highest BCUT2D eigenvalue weighted by atomic mass is 14.8. The molecule has 0 saturated carbocycles. The third-order valence-electron chi connectivity index (χ3n) is 3.70. The van der Waals surface area contributed by atoms with Crippen molar-refractivity contribution in [3.8, 4) is 0 Å². The topological polar surface area (TPSA) is 12.4 Å². The van der Waals surface area contributed by atoms with Crippen LogP contribution in [-0.4, -0.2) is 11.8 Å². The Hall–Kier alpha value is -1.37. The molecule has 1 aromatic rings. The molecule has 0 saturated heterocycles. The first-order valence-electron chi connectivity index (χ1n) is 6.27. The van der Waals surface area contributed by atoms with Gasteiger partial charge < -0.3 is 0 Å². The van der Waals surface area contributed by atoms with E-state index in [0.29, 0.717) is 12.0 Å². The second-order valence-corrected chi connectivity index (χ2v) is 5.33. The highest BCUT2D eigenvalue weighted by molar-refractivity contribution is 6.13. The first-order valence-corrected chi connectivity index (χ1v) is 6.27. The van der Waals surface area contributed by atoms with Gasteiger partial charge in [-0.3, -0.25) is 4.99 Å². The van der Waals surface area contributed by atoms with Crippen molar-refractivity contribution in [1.82, 2.24) is 0 Å². The molecule has 2 unspecified atom stereocenters. The van der Waals surface area contributed by atoms with Crippen molar-refractivity contribution in [2.24, 2.45) is 4.99 Å². The minimum Gasteiger partial charge on any atom is -0.281 e. The van der Waals surface area contributed by atoms with Gasteiger partial charge in [-0.1, -0.05) is 25.1 Å². The largest absolute Gasteiger partial charge is 0.281 e. The van der Waals surface area contributed by atoms with Crippen LogP contribution in [0.15, 0.2) is 29.3 Å². The number of benzene rings is 1. The zero-order valence-electron chi connectivity index (χ0n) is 11.5. The van der Waals surface area contributed by atoms with E-state index in [9.17, 15) is 0 Å². The zero-order chi connectivity index (χ0) is 12.7. The molecule has 0 bridgehead atoms. The highest BCUT2D eigenvalue weighted by Crippen LogP contribution is 2.34. The van der Waals surface area contributed by atoms with Gasteiger partial charge in [0.1, 0.15) is 0 Å². The lowest BCUT2D eigenvalue weighted by atomic mass is 9.81. The van der Waals surface area contributed by atoms with Crippen molar-refractivity contribution in [1.29, 1.82) is 0 Å². The molecule has 1 heteroatoms. The van der Waals surface area contributed by atoms with Gasteiger partial charge in [0.25, 0.3) is 0 Å². The molecule has 1 aliphatic rings. The van der Waals surface area contributed by atoms with Crippen LogP contribution >= 0.6 is 0 Å². The van der Waals surface area contributed by atoms with Gasteiger partial charge >= 0.3 is 0 Å². The van der Waals surface area contributed by atoms with Crippen molar-refractivity contribution in [2.75, 3.05) is 0 Å². The highest BCUT2D eigenvalue weighted by Gasteiger charge is 2.26. The van der Waals surface area contributed by atoms with Gasteiger partial charge in [0.05, 0.1) is 11.8 Å². The third-order valence-corrected chi connectivity index (χ3v) is 3.70. The first kappa shape index (κ1) is 12.1. The Kier molecular flexibility index (Phi) is 2.94. The maximum atomic E-state index is 4.80. The van der Waals surface area contributed by atoms with Crippen LogP contribution in [-0.2, 0) is 0 Å². The number of rotatable bonds is 1. The number of hydrogen-bond donors (Lipinski definition) is 0. The fourth-order valence-corrected chi connectivity index (χ4v) is 2.75. The average molecular weight is 227 g/mol. The standard InChI is InChI=1S/C16H21N/c1-9(2)16-14-8-10(3)7-11(4)15(14)12(5)13(6)17-16/h7-8,12-13H,1H2,2-6H3. The molecular weight excluding hydrogens is 206 g/mol. The van der Waals surface area contributed by atoms with E-state index in [-0.39, 0.29) is 0 Å². The molecule has 1 aliphatic heterocycles. The van der Waals surface area contributed by atoms with E-state index >= 15 is 0 Å². The summed E-state index contributed by atoms with van der Waals surface area (Å²) in [7, 11) is 0. The van der Waals surface area contributed by atoms with Crippen LogP contribution in [0, 0.1) is 13.8 Å². The minimum atomic E-state index is 0.343. The second-order valence-electron chi connectivity index (χ2n) is 5.33. The second kappa shape index (κ2) is 4.14. The molecule has 1 aromatic carbocycles. The van der Waals surface area contributed by atoms with Crippen LogP contribution in [0.1, 0.15) is 48.9 Å². The summed E-state index contributed by atoms with van der Waals surface area (Å²) in [5.41, 5.74) is 7.59. The van der Waals surface area contributed by atoms with Gasteiger partial charge in [0.2, 0.25) is 0 Å². The van der Waals surface area contributed by atoms with E-state index in [0.717, 1.165) is 11.3 Å². The summed E-state index contributed by atoms with van der Waals surface area (Å²) in [5.74, 6) is 0.494. The van der Waals surface area contributed by atoms with Crippen LogP contribution in [0.25, 0.3) is 0 Å². The summed E-state index contributed by atoms with van der Waals surface area (Å²) in [4.78, 5) is 4.80. The number of aryl methyl sites for hydroxylation is 2. The molecule has 0 radical (unpaired) electrons. The molecular formula is C16H21N. The molecule has 0 aromatic heterocycles. The molecule has 0 N–H and O–H groups in total. The van der Waals surface area contributed by atoms with E-state index in [2.05, 4.69) is 46.4 Å². The van der Waals surface area contributed by atoms with Gasteiger partial charge in [-0.15, -0.1) is 0 Å². The van der Waals surface area contributed by atoms with Crippen LogP contribution in [0.4, 0.5) is 0 Å². The summed E-state index contributed by atoms with van der Waals surface area (Å²) in [6.07, 6.45) is 0. The monoisotopic (exact) mass is 227 g/mol. The SMILES string of the molecule is C=C(C)C1=NC(C)C(C)c2c(C)cc(C)cc21. The maximum absolute atomic E-state index is 4.80. The van der Waals surface area contributed by atoms with Crippen LogP contribution in [0.3, 0.4) is 0 Å². The van der Waals surface area contributed by atoms with Crippen molar-refractivity contribution in [3.63, 3.8) is 0 Å². The number of allylic oxidation sites excluding steroid dienone is 1. The average Bonchev–Trinajstić information content (AvgIpc) is 2.21. The van der Waals surface area contributed by atoms with E-state index in [4.69, 9.17) is 4.99 Å². The van der Waals surface area contributed by atoms with E-state index < -0.39 is 0 Å². The molecule has 2 rings (SSSR count). The third kappa shape index (κ3) is 1.95. The predicted molar refractivity (Wildman–Crippen MR) is 75.1 cm³/mol. The first-order chi connectivity index (χ1) is 7.91. The Morgan fingerprint density at radius 3 is 2.47 bits per heavy atom. The van der Waals surface area contributed by atoms with Gasteiger partial charge in [0, 0.05) is 11.5 Å². The molecule has 90 valence electrons.